The lowest BCUT2D eigenvalue weighted by atomic mass is 9.99. The first-order valence-corrected chi connectivity index (χ1v) is 9.06. The molecule has 1 saturated heterocycles. The number of aliphatic carboxylic acids is 1. The highest BCUT2D eigenvalue weighted by molar-refractivity contribution is 5.93. The molecule has 5 atom stereocenters. The Balaban J connectivity index is 2.32. The second-order valence-corrected chi connectivity index (χ2v) is 7.41. The van der Waals surface area contributed by atoms with Gasteiger partial charge in [0.2, 0.25) is 12.2 Å². The quantitative estimate of drug-likeness (QED) is 0.471. The largest absolute Gasteiger partial charge is 0.479 e. The van der Waals surface area contributed by atoms with E-state index >= 15 is 0 Å². The Morgan fingerprint density at radius 3 is 2.25 bits per heavy atom. The first kappa shape index (κ1) is 22.1. The average molecular weight is 397 g/mol. The molecule has 28 heavy (non-hydrogen) atoms. The third kappa shape index (κ3) is 4.79. The number of aliphatic hydroxyl groups excluding tert-OH is 3. The lowest BCUT2D eigenvalue weighted by Gasteiger charge is -2.38. The molecule has 0 radical (unpaired) electrons. The molecular formula is C19H27NO8. The number of anilines is 1. The van der Waals surface area contributed by atoms with Gasteiger partial charge in [0.25, 0.3) is 0 Å². The predicted octanol–water partition coefficient (Wildman–Crippen LogP) is 0.675. The number of ether oxygens (including phenoxy) is 2. The first-order valence-electron chi connectivity index (χ1n) is 9.06. The Labute approximate surface area is 162 Å². The van der Waals surface area contributed by atoms with Crippen molar-refractivity contribution in [2.45, 2.75) is 64.3 Å². The third-order valence-electron chi connectivity index (χ3n) is 4.51. The van der Waals surface area contributed by atoms with Gasteiger partial charge < -0.3 is 35.2 Å². The van der Waals surface area contributed by atoms with Gasteiger partial charge in [-0.2, -0.15) is 0 Å². The maximum absolute atomic E-state index is 12.1. The van der Waals surface area contributed by atoms with Crippen LogP contribution in [0.1, 0.15) is 39.2 Å². The minimum Gasteiger partial charge on any atom is -0.479 e. The molecule has 1 aromatic rings. The maximum Gasteiger partial charge on any atom is 0.335 e. The standard InChI is InChI=1S/C19H27NO8/c1-8(2)10-5-6-12(11(7-10)20-17(24)9(3)4)27-19-15(23)13(21)14(22)16(28-19)18(25)26/h5-9,13-16,19,21-23H,1-4H3,(H,20,24)(H,25,26)/t13-,14-,15+,16-,19+/m0/s1. The molecule has 9 nitrogen and oxygen atoms in total. The van der Waals surface area contributed by atoms with E-state index in [1.54, 1.807) is 32.0 Å². The van der Waals surface area contributed by atoms with Crippen LogP contribution in [-0.4, -0.2) is 63.0 Å². The van der Waals surface area contributed by atoms with Gasteiger partial charge in [0.1, 0.15) is 24.1 Å². The number of benzene rings is 1. The lowest BCUT2D eigenvalue weighted by Crippen LogP contribution is -2.61. The number of rotatable bonds is 6. The van der Waals surface area contributed by atoms with Crippen molar-refractivity contribution in [3.05, 3.63) is 23.8 Å². The minimum atomic E-state index is -1.81. The van der Waals surface area contributed by atoms with Crippen LogP contribution in [-0.2, 0) is 14.3 Å². The molecule has 0 unspecified atom stereocenters. The topological polar surface area (TPSA) is 146 Å². The summed E-state index contributed by atoms with van der Waals surface area (Å²) in [5.74, 6) is -1.74. The van der Waals surface area contributed by atoms with Gasteiger partial charge in [-0.25, -0.2) is 4.79 Å². The van der Waals surface area contributed by atoms with Crippen LogP contribution in [0.3, 0.4) is 0 Å². The molecule has 0 bridgehead atoms. The number of nitrogens with one attached hydrogen (secondary N) is 1. The SMILES string of the molecule is CC(C)C(=O)Nc1cc(C(C)C)ccc1O[C@@H]1O[C@H](C(=O)O)[C@@H](O)[C@H](O)[C@H]1O. The van der Waals surface area contributed by atoms with E-state index in [-0.39, 0.29) is 23.5 Å². The predicted molar refractivity (Wildman–Crippen MR) is 98.9 cm³/mol. The zero-order valence-electron chi connectivity index (χ0n) is 16.2. The highest BCUT2D eigenvalue weighted by Crippen LogP contribution is 2.32. The molecule has 2 rings (SSSR count). The van der Waals surface area contributed by atoms with Crippen molar-refractivity contribution in [2.24, 2.45) is 5.92 Å². The van der Waals surface area contributed by atoms with E-state index in [4.69, 9.17) is 14.6 Å². The van der Waals surface area contributed by atoms with Crippen molar-refractivity contribution in [3.8, 4) is 5.75 Å². The number of hydrogen-bond donors (Lipinski definition) is 5. The molecule has 1 fully saturated rings. The van der Waals surface area contributed by atoms with Crippen LogP contribution in [0.5, 0.6) is 5.75 Å². The zero-order chi connectivity index (χ0) is 21.2. The monoisotopic (exact) mass is 397 g/mol. The van der Waals surface area contributed by atoms with Gasteiger partial charge in [0.05, 0.1) is 5.69 Å². The molecule has 0 aliphatic carbocycles. The van der Waals surface area contributed by atoms with Crippen LogP contribution >= 0.6 is 0 Å². The third-order valence-corrected chi connectivity index (χ3v) is 4.51. The second kappa shape index (κ2) is 8.87. The number of amides is 1. The van der Waals surface area contributed by atoms with Crippen molar-refractivity contribution in [2.75, 3.05) is 5.32 Å². The van der Waals surface area contributed by atoms with Gasteiger partial charge in [-0.3, -0.25) is 4.79 Å². The smallest absolute Gasteiger partial charge is 0.335 e. The summed E-state index contributed by atoms with van der Waals surface area (Å²) in [6.45, 7) is 7.41. The normalized spacial score (nSPS) is 27.7. The van der Waals surface area contributed by atoms with Crippen molar-refractivity contribution < 1.29 is 39.5 Å². The summed E-state index contributed by atoms with van der Waals surface area (Å²) >= 11 is 0. The van der Waals surface area contributed by atoms with E-state index in [1.807, 2.05) is 13.8 Å². The highest BCUT2D eigenvalue weighted by atomic mass is 16.7. The van der Waals surface area contributed by atoms with Gasteiger partial charge in [-0.05, 0) is 23.6 Å². The van der Waals surface area contributed by atoms with Crippen LogP contribution in [0.2, 0.25) is 0 Å². The summed E-state index contributed by atoms with van der Waals surface area (Å²) in [5, 5.41) is 41.7. The summed E-state index contributed by atoms with van der Waals surface area (Å²) < 4.78 is 10.7. The molecule has 0 spiro atoms. The van der Waals surface area contributed by atoms with E-state index in [2.05, 4.69) is 5.32 Å². The van der Waals surface area contributed by atoms with E-state index in [1.165, 1.54) is 0 Å². The van der Waals surface area contributed by atoms with Crippen molar-refractivity contribution in [1.82, 2.24) is 0 Å². The fourth-order valence-electron chi connectivity index (χ4n) is 2.66. The molecule has 1 aliphatic heterocycles. The summed E-state index contributed by atoms with van der Waals surface area (Å²) in [6.07, 6.45) is -8.60. The van der Waals surface area contributed by atoms with Crippen LogP contribution in [0.25, 0.3) is 0 Å². The second-order valence-electron chi connectivity index (χ2n) is 7.41. The Morgan fingerprint density at radius 1 is 1.07 bits per heavy atom. The van der Waals surface area contributed by atoms with Crippen molar-refractivity contribution in [3.63, 3.8) is 0 Å². The molecule has 1 amide bonds. The van der Waals surface area contributed by atoms with Gasteiger partial charge in [-0.15, -0.1) is 0 Å². The molecule has 1 aromatic carbocycles. The van der Waals surface area contributed by atoms with Gasteiger partial charge >= 0.3 is 5.97 Å². The van der Waals surface area contributed by atoms with E-state index in [0.29, 0.717) is 5.69 Å². The Bertz CT molecular complexity index is 720. The van der Waals surface area contributed by atoms with E-state index in [0.717, 1.165) is 5.56 Å². The molecule has 9 heteroatoms. The van der Waals surface area contributed by atoms with E-state index < -0.39 is 36.7 Å². The summed E-state index contributed by atoms with van der Waals surface area (Å²) in [5.41, 5.74) is 1.25. The van der Waals surface area contributed by atoms with Crippen molar-refractivity contribution in [1.29, 1.82) is 0 Å². The van der Waals surface area contributed by atoms with Gasteiger partial charge in [-0.1, -0.05) is 33.8 Å². The molecular weight excluding hydrogens is 370 g/mol. The average Bonchev–Trinajstić information content (AvgIpc) is 2.62. The molecule has 1 heterocycles. The Kier molecular flexibility index (Phi) is 7.00. The molecule has 0 aromatic heterocycles. The van der Waals surface area contributed by atoms with E-state index in [9.17, 15) is 24.9 Å². The van der Waals surface area contributed by atoms with Crippen LogP contribution in [0.15, 0.2) is 18.2 Å². The number of hydrogen-bond acceptors (Lipinski definition) is 7. The fourth-order valence-corrected chi connectivity index (χ4v) is 2.66. The molecule has 5 N–H and O–H groups in total. The summed E-state index contributed by atoms with van der Waals surface area (Å²) in [4.78, 5) is 23.4. The van der Waals surface area contributed by atoms with Crippen molar-refractivity contribution >= 4 is 17.6 Å². The molecule has 0 saturated carbocycles. The summed E-state index contributed by atoms with van der Waals surface area (Å²) in [6, 6.07) is 5.05. The minimum absolute atomic E-state index is 0.134. The van der Waals surface area contributed by atoms with Crippen LogP contribution < -0.4 is 10.1 Å². The first-order chi connectivity index (χ1) is 13.0. The Morgan fingerprint density at radius 2 is 1.71 bits per heavy atom. The zero-order valence-corrected chi connectivity index (χ0v) is 16.2. The number of aliphatic hydroxyl groups is 3. The number of carboxylic acid groups (broad SMARTS) is 1. The maximum atomic E-state index is 12.1. The lowest BCUT2D eigenvalue weighted by molar-refractivity contribution is -0.271. The number of carbonyl (C=O) groups excluding carboxylic acids is 1. The van der Waals surface area contributed by atoms with Gasteiger partial charge in [0, 0.05) is 5.92 Å². The Hall–Kier alpha value is -2.20. The number of carboxylic acids is 1. The highest BCUT2D eigenvalue weighted by Gasteiger charge is 2.48. The van der Waals surface area contributed by atoms with Crippen LogP contribution in [0, 0.1) is 5.92 Å². The molecule has 1 aliphatic rings. The number of carbonyl (C=O) groups is 2. The van der Waals surface area contributed by atoms with Crippen LogP contribution in [0.4, 0.5) is 5.69 Å². The molecule has 156 valence electrons. The summed E-state index contributed by atoms with van der Waals surface area (Å²) in [7, 11) is 0. The fraction of sp³-hybridized carbons (Fsp3) is 0.579. The van der Waals surface area contributed by atoms with Gasteiger partial charge in [0.15, 0.2) is 6.10 Å².